The molecule has 1 aliphatic rings. The van der Waals surface area contributed by atoms with Crippen molar-refractivity contribution < 1.29 is 14.0 Å². The number of hydrogen-bond acceptors (Lipinski definition) is 5. The summed E-state index contributed by atoms with van der Waals surface area (Å²) in [6, 6.07) is 3.51. The lowest BCUT2D eigenvalue weighted by atomic mass is 10.2. The fourth-order valence-electron chi connectivity index (χ4n) is 2.47. The Bertz CT molecular complexity index is 747. The van der Waals surface area contributed by atoms with Crippen LogP contribution in [-0.2, 0) is 9.59 Å². The number of thiazole rings is 1. The van der Waals surface area contributed by atoms with E-state index >= 15 is 0 Å². The van der Waals surface area contributed by atoms with Gasteiger partial charge in [-0.05, 0) is 43.9 Å². The first-order chi connectivity index (χ1) is 12.1. The van der Waals surface area contributed by atoms with Crippen LogP contribution in [0.25, 0.3) is 6.08 Å². The number of carbonyl (C=O) groups excluding carboxylic acids is 2. The molecule has 0 unspecified atom stereocenters. The van der Waals surface area contributed by atoms with Crippen molar-refractivity contribution in [2.24, 2.45) is 5.92 Å². The molecule has 2 aromatic heterocycles. The fraction of sp³-hybridized carbons (Fsp3) is 0.389. The van der Waals surface area contributed by atoms with E-state index in [9.17, 15) is 9.59 Å². The molecule has 7 heteroatoms. The zero-order chi connectivity index (χ0) is 17.6. The number of hydrogen-bond donors (Lipinski definition) is 2. The molecule has 1 fully saturated rings. The van der Waals surface area contributed by atoms with Crippen molar-refractivity contribution in [2.45, 2.75) is 32.2 Å². The van der Waals surface area contributed by atoms with Crippen LogP contribution in [0, 0.1) is 12.8 Å². The summed E-state index contributed by atoms with van der Waals surface area (Å²) in [6.45, 7) is 2.25. The highest BCUT2D eigenvalue weighted by atomic mass is 32.1. The number of nitrogens with zero attached hydrogens (tertiary/aromatic N) is 1. The average Bonchev–Trinajstić information content (AvgIpc) is 3.11. The summed E-state index contributed by atoms with van der Waals surface area (Å²) in [7, 11) is 0. The van der Waals surface area contributed by atoms with Crippen LogP contribution in [0.15, 0.2) is 34.3 Å². The molecule has 25 heavy (non-hydrogen) atoms. The first-order valence-corrected chi connectivity index (χ1v) is 9.20. The van der Waals surface area contributed by atoms with Crippen molar-refractivity contribution in [3.63, 3.8) is 0 Å². The number of aromatic nitrogens is 1. The van der Waals surface area contributed by atoms with Crippen LogP contribution < -0.4 is 10.6 Å². The van der Waals surface area contributed by atoms with Crippen LogP contribution >= 0.6 is 11.3 Å². The van der Waals surface area contributed by atoms with Gasteiger partial charge in [-0.25, -0.2) is 4.98 Å². The quantitative estimate of drug-likeness (QED) is 0.710. The standard InChI is InChI=1S/C18H21N3O3S/c1-12-11-25-18(20-12)17(13-4-5-13)21-16(23)8-9-19-15(22)7-6-14-3-2-10-24-14/h2-3,6-7,10-11,13,17H,4-5,8-9H2,1H3,(H,19,22)(H,21,23)/b7-6-/t17-/m0/s1. The van der Waals surface area contributed by atoms with Crippen molar-refractivity contribution in [1.29, 1.82) is 0 Å². The van der Waals surface area contributed by atoms with Gasteiger partial charge in [-0.3, -0.25) is 9.59 Å². The van der Waals surface area contributed by atoms with Crippen molar-refractivity contribution in [2.75, 3.05) is 6.54 Å². The lowest BCUT2D eigenvalue weighted by Gasteiger charge is -2.15. The summed E-state index contributed by atoms with van der Waals surface area (Å²) in [6.07, 6.45) is 7.01. The van der Waals surface area contributed by atoms with Crippen molar-refractivity contribution in [1.82, 2.24) is 15.6 Å². The highest BCUT2D eigenvalue weighted by Gasteiger charge is 2.35. The zero-order valence-electron chi connectivity index (χ0n) is 14.0. The summed E-state index contributed by atoms with van der Waals surface area (Å²) >= 11 is 1.59. The molecular formula is C18H21N3O3S. The van der Waals surface area contributed by atoms with E-state index in [4.69, 9.17) is 4.42 Å². The minimum Gasteiger partial charge on any atom is -0.465 e. The van der Waals surface area contributed by atoms with Gasteiger partial charge in [-0.15, -0.1) is 11.3 Å². The Morgan fingerprint density at radius 2 is 2.32 bits per heavy atom. The van der Waals surface area contributed by atoms with Crippen LogP contribution in [0.5, 0.6) is 0 Å². The van der Waals surface area contributed by atoms with Gasteiger partial charge in [0.1, 0.15) is 10.8 Å². The number of furan rings is 1. The van der Waals surface area contributed by atoms with Crippen LogP contribution in [0.3, 0.4) is 0 Å². The first-order valence-electron chi connectivity index (χ1n) is 8.32. The topological polar surface area (TPSA) is 84.2 Å². The maximum atomic E-state index is 12.2. The second kappa shape index (κ2) is 8.11. The van der Waals surface area contributed by atoms with Crippen LogP contribution in [0.2, 0.25) is 0 Å². The predicted molar refractivity (Wildman–Crippen MR) is 95.8 cm³/mol. The average molecular weight is 359 g/mol. The van der Waals surface area contributed by atoms with Crippen LogP contribution in [-0.4, -0.2) is 23.3 Å². The van der Waals surface area contributed by atoms with Gasteiger partial charge in [0.05, 0.1) is 12.3 Å². The van der Waals surface area contributed by atoms with E-state index in [-0.39, 0.29) is 24.3 Å². The minimum atomic E-state index is -0.251. The van der Waals surface area contributed by atoms with Crippen molar-refractivity contribution >= 4 is 29.2 Å². The maximum absolute atomic E-state index is 12.2. The summed E-state index contributed by atoms with van der Waals surface area (Å²) in [5, 5.41) is 8.73. The number of rotatable bonds is 8. The van der Waals surface area contributed by atoms with Gasteiger partial charge in [-0.1, -0.05) is 0 Å². The number of carbonyl (C=O) groups is 2. The Morgan fingerprint density at radius 1 is 1.48 bits per heavy atom. The van der Waals surface area contributed by atoms with Crippen LogP contribution in [0.1, 0.15) is 41.8 Å². The molecule has 0 radical (unpaired) electrons. The zero-order valence-corrected chi connectivity index (χ0v) is 14.8. The minimum absolute atomic E-state index is 0.000694. The molecule has 0 saturated heterocycles. The van der Waals surface area contributed by atoms with E-state index in [0.29, 0.717) is 18.2 Å². The lowest BCUT2D eigenvalue weighted by Crippen LogP contribution is -2.33. The third-order valence-electron chi connectivity index (χ3n) is 3.91. The Morgan fingerprint density at radius 3 is 2.96 bits per heavy atom. The molecule has 1 saturated carbocycles. The molecule has 0 aromatic carbocycles. The molecule has 0 aliphatic heterocycles. The Balaban J connectivity index is 1.42. The van der Waals surface area contributed by atoms with E-state index in [2.05, 4.69) is 15.6 Å². The molecule has 2 heterocycles. The van der Waals surface area contributed by atoms with E-state index in [1.54, 1.807) is 35.8 Å². The smallest absolute Gasteiger partial charge is 0.244 e. The van der Waals surface area contributed by atoms with Gasteiger partial charge in [0.25, 0.3) is 0 Å². The molecular weight excluding hydrogens is 338 g/mol. The van der Waals surface area contributed by atoms with Gasteiger partial charge < -0.3 is 15.1 Å². The molecule has 2 amide bonds. The molecule has 0 spiro atoms. The predicted octanol–water partition coefficient (Wildman–Crippen LogP) is 2.83. The maximum Gasteiger partial charge on any atom is 0.244 e. The second-order valence-corrected chi connectivity index (χ2v) is 6.99. The fourth-order valence-corrected chi connectivity index (χ4v) is 3.41. The number of nitrogens with one attached hydrogen (secondary N) is 2. The Kier molecular flexibility index (Phi) is 5.65. The Hall–Kier alpha value is -2.41. The van der Waals surface area contributed by atoms with Gasteiger partial charge in [0.2, 0.25) is 11.8 Å². The van der Waals surface area contributed by atoms with E-state index in [1.807, 2.05) is 12.3 Å². The molecule has 2 N–H and O–H groups in total. The number of aryl methyl sites for hydroxylation is 1. The van der Waals surface area contributed by atoms with Gasteiger partial charge >= 0.3 is 0 Å². The molecule has 3 rings (SSSR count). The third kappa shape index (κ3) is 5.29. The van der Waals surface area contributed by atoms with E-state index in [0.717, 1.165) is 23.5 Å². The highest BCUT2D eigenvalue weighted by molar-refractivity contribution is 7.09. The summed E-state index contributed by atoms with van der Waals surface area (Å²) < 4.78 is 5.11. The largest absolute Gasteiger partial charge is 0.465 e. The van der Waals surface area contributed by atoms with E-state index in [1.165, 1.54) is 6.08 Å². The SMILES string of the molecule is Cc1csc([C@@H](NC(=O)CCNC(=O)/C=C\c2ccco2)C2CC2)n1. The molecule has 0 bridgehead atoms. The summed E-state index contributed by atoms with van der Waals surface area (Å²) in [5.41, 5.74) is 0.982. The first kappa shape index (κ1) is 17.4. The summed E-state index contributed by atoms with van der Waals surface area (Å²) in [5.74, 6) is 0.776. The lowest BCUT2D eigenvalue weighted by molar-refractivity contribution is -0.122. The molecule has 1 atom stereocenters. The molecule has 132 valence electrons. The van der Waals surface area contributed by atoms with Crippen LogP contribution in [0.4, 0.5) is 0 Å². The van der Waals surface area contributed by atoms with Crippen molar-refractivity contribution in [3.8, 4) is 0 Å². The molecule has 6 nitrogen and oxygen atoms in total. The normalized spacial score (nSPS) is 15.2. The van der Waals surface area contributed by atoms with Crippen molar-refractivity contribution in [3.05, 3.63) is 46.3 Å². The monoisotopic (exact) mass is 359 g/mol. The molecule has 2 aromatic rings. The van der Waals surface area contributed by atoms with Gasteiger partial charge in [-0.2, -0.15) is 0 Å². The van der Waals surface area contributed by atoms with E-state index < -0.39 is 0 Å². The van der Waals surface area contributed by atoms with Gasteiger partial charge in [0, 0.05) is 30.1 Å². The van der Waals surface area contributed by atoms with Gasteiger partial charge in [0.15, 0.2) is 0 Å². The number of amides is 2. The summed E-state index contributed by atoms with van der Waals surface area (Å²) in [4.78, 5) is 28.4. The Labute approximate surface area is 150 Å². The third-order valence-corrected chi connectivity index (χ3v) is 4.95. The second-order valence-electron chi connectivity index (χ2n) is 6.10. The highest BCUT2D eigenvalue weighted by Crippen LogP contribution is 2.41. The molecule has 1 aliphatic carbocycles.